The largest absolute Gasteiger partial charge is 0.494 e. The molecule has 106 valence electrons. The lowest BCUT2D eigenvalue weighted by atomic mass is 10.1. The van der Waals surface area contributed by atoms with Crippen LogP contribution in [0.15, 0.2) is 30.3 Å². The van der Waals surface area contributed by atoms with Crippen molar-refractivity contribution < 1.29 is 19.7 Å². The Labute approximate surface area is 114 Å². The van der Waals surface area contributed by atoms with Gasteiger partial charge in [-0.05, 0) is 25.0 Å². The van der Waals surface area contributed by atoms with Gasteiger partial charge in [-0.1, -0.05) is 37.5 Å². The van der Waals surface area contributed by atoms with Gasteiger partial charge in [0.05, 0.1) is 19.1 Å². The lowest BCUT2D eigenvalue weighted by molar-refractivity contribution is -0.139. The number of carbonyl (C=O) groups is 1. The van der Waals surface area contributed by atoms with Crippen LogP contribution in [0.2, 0.25) is 0 Å². The van der Waals surface area contributed by atoms with Gasteiger partial charge in [0.2, 0.25) is 0 Å². The predicted molar refractivity (Wildman–Crippen MR) is 73.3 cm³/mol. The first kappa shape index (κ1) is 15.5. The number of para-hydroxylation sites is 1. The van der Waals surface area contributed by atoms with Crippen molar-refractivity contribution in [1.82, 2.24) is 0 Å². The quantitative estimate of drug-likeness (QED) is 0.639. The van der Waals surface area contributed by atoms with Gasteiger partial charge in [0, 0.05) is 0 Å². The van der Waals surface area contributed by atoms with Crippen molar-refractivity contribution in [2.45, 2.75) is 44.6 Å². The van der Waals surface area contributed by atoms with Crippen LogP contribution in [0.25, 0.3) is 0 Å². The Morgan fingerprint density at radius 3 is 2.47 bits per heavy atom. The molecule has 0 aliphatic heterocycles. The third-order valence-corrected chi connectivity index (χ3v) is 2.85. The van der Waals surface area contributed by atoms with Gasteiger partial charge in [-0.3, -0.25) is 4.79 Å². The number of benzene rings is 1. The number of rotatable bonds is 10. The zero-order valence-electron chi connectivity index (χ0n) is 11.1. The van der Waals surface area contributed by atoms with Crippen molar-refractivity contribution in [2.75, 3.05) is 6.61 Å². The molecule has 4 heteroatoms. The van der Waals surface area contributed by atoms with Crippen LogP contribution in [-0.4, -0.2) is 28.9 Å². The van der Waals surface area contributed by atoms with Crippen molar-refractivity contribution in [1.29, 1.82) is 0 Å². The molecule has 0 radical (unpaired) electrons. The van der Waals surface area contributed by atoms with E-state index in [0.717, 1.165) is 31.4 Å². The number of ether oxygens (including phenoxy) is 1. The summed E-state index contributed by atoms with van der Waals surface area (Å²) in [6.07, 6.45) is 3.56. The molecule has 1 aromatic carbocycles. The first-order chi connectivity index (χ1) is 9.18. The zero-order valence-corrected chi connectivity index (χ0v) is 11.1. The number of carboxylic acid groups (broad SMARTS) is 1. The Morgan fingerprint density at radius 2 is 1.79 bits per heavy atom. The van der Waals surface area contributed by atoms with Crippen LogP contribution in [0.1, 0.15) is 38.5 Å². The molecular formula is C15H22O4. The molecule has 0 heterocycles. The van der Waals surface area contributed by atoms with Gasteiger partial charge in [0.25, 0.3) is 0 Å². The van der Waals surface area contributed by atoms with Crippen molar-refractivity contribution >= 4 is 5.97 Å². The first-order valence-electron chi connectivity index (χ1n) is 6.76. The second-order valence-electron chi connectivity index (χ2n) is 4.62. The lowest BCUT2D eigenvalue weighted by Gasteiger charge is -2.08. The first-order valence-corrected chi connectivity index (χ1v) is 6.76. The average Bonchev–Trinajstić information content (AvgIpc) is 2.38. The molecule has 0 spiro atoms. The van der Waals surface area contributed by atoms with E-state index in [1.807, 2.05) is 30.3 Å². The van der Waals surface area contributed by atoms with Crippen molar-refractivity contribution in [3.05, 3.63) is 30.3 Å². The van der Waals surface area contributed by atoms with E-state index in [-0.39, 0.29) is 6.42 Å². The number of hydrogen-bond donors (Lipinski definition) is 2. The van der Waals surface area contributed by atoms with Gasteiger partial charge in [-0.15, -0.1) is 0 Å². The molecule has 0 saturated carbocycles. The molecule has 19 heavy (non-hydrogen) atoms. The van der Waals surface area contributed by atoms with Crippen LogP contribution in [0.4, 0.5) is 0 Å². The maximum atomic E-state index is 10.3. The van der Waals surface area contributed by atoms with Crippen LogP contribution in [0, 0.1) is 0 Å². The molecule has 1 atom stereocenters. The highest BCUT2D eigenvalue weighted by atomic mass is 16.5. The second-order valence-corrected chi connectivity index (χ2v) is 4.62. The molecule has 0 aliphatic rings. The number of hydrogen-bond acceptors (Lipinski definition) is 3. The Morgan fingerprint density at radius 1 is 1.11 bits per heavy atom. The summed E-state index contributed by atoms with van der Waals surface area (Å²) in [4.78, 5) is 10.3. The maximum Gasteiger partial charge on any atom is 0.305 e. The minimum absolute atomic E-state index is 0.156. The van der Waals surface area contributed by atoms with E-state index >= 15 is 0 Å². The number of unbranched alkanes of at least 4 members (excludes halogenated alkanes) is 3. The topological polar surface area (TPSA) is 66.8 Å². The molecule has 1 aromatic rings. The standard InChI is InChI=1S/C15H22O4/c16-13(12-15(17)18)8-4-1-2-7-11-19-14-9-5-3-6-10-14/h3,5-6,9-10,13,16H,1-2,4,7-8,11-12H2,(H,17,18). The predicted octanol–water partition coefficient (Wildman–Crippen LogP) is 2.85. The molecule has 0 amide bonds. The molecule has 0 aliphatic carbocycles. The van der Waals surface area contributed by atoms with Crippen molar-refractivity contribution in [3.63, 3.8) is 0 Å². The number of carboxylic acids is 1. The minimum Gasteiger partial charge on any atom is -0.494 e. The van der Waals surface area contributed by atoms with Crippen LogP contribution in [0.5, 0.6) is 5.75 Å². The number of aliphatic hydroxyl groups excluding tert-OH is 1. The molecule has 1 unspecified atom stereocenters. The summed E-state index contributed by atoms with van der Waals surface area (Å²) in [5, 5.41) is 17.9. The monoisotopic (exact) mass is 266 g/mol. The zero-order chi connectivity index (χ0) is 13.9. The Kier molecular flexibility index (Phi) is 7.66. The minimum atomic E-state index is -0.941. The molecule has 4 nitrogen and oxygen atoms in total. The van der Waals surface area contributed by atoms with Crippen LogP contribution in [0.3, 0.4) is 0 Å². The van der Waals surface area contributed by atoms with Gasteiger partial charge < -0.3 is 14.9 Å². The highest BCUT2D eigenvalue weighted by molar-refractivity contribution is 5.67. The lowest BCUT2D eigenvalue weighted by Crippen LogP contribution is -2.12. The molecule has 2 N–H and O–H groups in total. The Hall–Kier alpha value is -1.55. The SMILES string of the molecule is O=C(O)CC(O)CCCCCCOc1ccccc1. The van der Waals surface area contributed by atoms with Crippen LogP contribution < -0.4 is 4.74 Å². The molecule has 0 aromatic heterocycles. The summed E-state index contributed by atoms with van der Waals surface area (Å²) >= 11 is 0. The fourth-order valence-corrected chi connectivity index (χ4v) is 1.85. The van der Waals surface area contributed by atoms with E-state index in [0.29, 0.717) is 13.0 Å². The van der Waals surface area contributed by atoms with E-state index in [9.17, 15) is 9.90 Å². The molecular weight excluding hydrogens is 244 g/mol. The average molecular weight is 266 g/mol. The van der Waals surface area contributed by atoms with Crippen LogP contribution in [-0.2, 0) is 4.79 Å². The fraction of sp³-hybridized carbons (Fsp3) is 0.533. The summed E-state index contributed by atoms with van der Waals surface area (Å²) in [5.74, 6) is -0.0526. The molecule has 0 fully saturated rings. The molecule has 1 rings (SSSR count). The van der Waals surface area contributed by atoms with Crippen molar-refractivity contribution in [2.24, 2.45) is 0 Å². The normalized spacial score (nSPS) is 12.1. The van der Waals surface area contributed by atoms with E-state index in [4.69, 9.17) is 9.84 Å². The van der Waals surface area contributed by atoms with Gasteiger partial charge >= 0.3 is 5.97 Å². The highest BCUT2D eigenvalue weighted by Gasteiger charge is 2.08. The molecule has 0 saturated heterocycles. The van der Waals surface area contributed by atoms with E-state index < -0.39 is 12.1 Å². The summed E-state index contributed by atoms with van der Waals surface area (Å²) < 4.78 is 5.56. The number of aliphatic carboxylic acids is 1. The third kappa shape index (κ3) is 8.21. The highest BCUT2D eigenvalue weighted by Crippen LogP contribution is 2.11. The summed E-state index contributed by atoms with van der Waals surface area (Å²) in [6, 6.07) is 9.71. The van der Waals surface area contributed by atoms with Gasteiger partial charge in [-0.25, -0.2) is 0 Å². The van der Waals surface area contributed by atoms with Gasteiger partial charge in [0.15, 0.2) is 0 Å². The maximum absolute atomic E-state index is 10.3. The molecule has 0 bridgehead atoms. The summed E-state index contributed by atoms with van der Waals surface area (Å²) in [6.45, 7) is 0.696. The Bertz CT molecular complexity index is 350. The van der Waals surface area contributed by atoms with Crippen molar-refractivity contribution in [3.8, 4) is 5.75 Å². The van der Waals surface area contributed by atoms with Crippen LogP contribution >= 0.6 is 0 Å². The Balaban J connectivity index is 1.93. The van der Waals surface area contributed by atoms with Gasteiger partial charge in [-0.2, -0.15) is 0 Å². The smallest absolute Gasteiger partial charge is 0.305 e. The van der Waals surface area contributed by atoms with E-state index in [1.54, 1.807) is 0 Å². The second kappa shape index (κ2) is 9.39. The van der Waals surface area contributed by atoms with E-state index in [2.05, 4.69) is 0 Å². The summed E-state index contributed by atoms with van der Waals surface area (Å²) in [5.41, 5.74) is 0. The number of aliphatic hydroxyl groups is 1. The van der Waals surface area contributed by atoms with Gasteiger partial charge in [0.1, 0.15) is 5.75 Å². The van der Waals surface area contributed by atoms with E-state index in [1.165, 1.54) is 0 Å². The summed E-state index contributed by atoms with van der Waals surface area (Å²) in [7, 11) is 0. The third-order valence-electron chi connectivity index (χ3n) is 2.85. The fourth-order valence-electron chi connectivity index (χ4n) is 1.85.